The Balaban J connectivity index is 2.26. The smallest absolute Gasteiger partial charge is 0.248 e. The molecule has 152 valence electrons. The average Bonchev–Trinajstić information content (AvgIpc) is 3.00. The van der Waals surface area contributed by atoms with Crippen LogP contribution in [0, 0.1) is 0 Å². The average molecular weight is 413 g/mol. The lowest BCUT2D eigenvalue weighted by atomic mass is 10.0. The number of hydrogen-bond donors (Lipinski definition) is 1. The first-order valence-corrected chi connectivity index (χ1v) is 10.1. The van der Waals surface area contributed by atoms with Crippen molar-refractivity contribution in [3.8, 4) is 0 Å². The van der Waals surface area contributed by atoms with Crippen LogP contribution >= 0.6 is 11.6 Å². The van der Waals surface area contributed by atoms with Crippen LogP contribution in [0.25, 0.3) is 10.9 Å². The van der Waals surface area contributed by atoms with Gasteiger partial charge in [-0.25, -0.2) is 0 Å². The summed E-state index contributed by atoms with van der Waals surface area (Å²) < 4.78 is 7.46. The van der Waals surface area contributed by atoms with Crippen molar-refractivity contribution in [2.75, 3.05) is 13.2 Å². The van der Waals surface area contributed by atoms with Crippen molar-refractivity contribution in [1.82, 2.24) is 4.57 Å². The molecule has 0 aliphatic carbocycles. The highest BCUT2D eigenvalue weighted by molar-refractivity contribution is 6.31. The van der Waals surface area contributed by atoms with E-state index in [-0.39, 0.29) is 12.4 Å². The Hall–Kier alpha value is -2.63. The van der Waals surface area contributed by atoms with Crippen LogP contribution in [0.1, 0.15) is 52.2 Å². The number of aromatic nitrogens is 1. The van der Waals surface area contributed by atoms with E-state index in [1.165, 1.54) is 0 Å². The Morgan fingerprint density at radius 3 is 2.55 bits per heavy atom. The number of nitrogens with zero attached hydrogens (tertiary/aromatic N) is 1. The number of ether oxygens (including phenoxy) is 1. The molecule has 3 rings (SSSR count). The number of ketones is 1. The van der Waals surface area contributed by atoms with Crippen LogP contribution in [0.15, 0.2) is 42.5 Å². The summed E-state index contributed by atoms with van der Waals surface area (Å²) in [5.41, 5.74) is 9.22. The molecule has 2 N–H and O–H groups in total. The molecule has 1 amide bonds. The van der Waals surface area contributed by atoms with Gasteiger partial charge in [-0.1, -0.05) is 49.2 Å². The van der Waals surface area contributed by atoms with E-state index < -0.39 is 5.91 Å². The first-order valence-electron chi connectivity index (χ1n) is 9.77. The molecule has 0 aliphatic heterocycles. The van der Waals surface area contributed by atoms with E-state index >= 15 is 0 Å². The van der Waals surface area contributed by atoms with Gasteiger partial charge in [0.15, 0.2) is 5.78 Å². The minimum atomic E-state index is -0.503. The van der Waals surface area contributed by atoms with Crippen LogP contribution in [0.2, 0.25) is 5.02 Å². The molecule has 0 fully saturated rings. The number of Topliss-reactive ketones (excluding diaryl/α,β-unsaturated/α-hetero) is 1. The number of halogens is 1. The van der Waals surface area contributed by atoms with Crippen LogP contribution in [0.5, 0.6) is 0 Å². The Morgan fingerprint density at radius 2 is 1.90 bits per heavy atom. The number of primary amides is 1. The summed E-state index contributed by atoms with van der Waals surface area (Å²) in [5, 5.41) is 1.46. The molecule has 0 aliphatic rings. The maximum absolute atomic E-state index is 13.0. The highest BCUT2D eigenvalue weighted by Crippen LogP contribution is 2.31. The largest absolute Gasteiger partial charge is 0.374 e. The number of amides is 1. The molecule has 0 saturated heterocycles. The quantitative estimate of drug-likeness (QED) is 0.521. The molecule has 5 nitrogen and oxygen atoms in total. The molecular formula is C23H25ClN2O3. The highest BCUT2D eigenvalue weighted by atomic mass is 35.5. The van der Waals surface area contributed by atoms with E-state index in [2.05, 4.69) is 11.5 Å². The second-order valence-electron chi connectivity index (χ2n) is 6.91. The third kappa shape index (κ3) is 4.36. The number of hydrogen-bond acceptors (Lipinski definition) is 3. The van der Waals surface area contributed by atoms with E-state index in [0.29, 0.717) is 29.3 Å². The van der Waals surface area contributed by atoms with Crippen molar-refractivity contribution in [2.24, 2.45) is 5.73 Å². The zero-order valence-corrected chi connectivity index (χ0v) is 17.5. The van der Waals surface area contributed by atoms with Gasteiger partial charge in [-0.05, 0) is 37.1 Å². The van der Waals surface area contributed by atoms with Crippen molar-refractivity contribution in [1.29, 1.82) is 0 Å². The zero-order chi connectivity index (χ0) is 21.0. The van der Waals surface area contributed by atoms with Crippen molar-refractivity contribution in [2.45, 2.75) is 33.2 Å². The topological polar surface area (TPSA) is 74.3 Å². The minimum absolute atomic E-state index is 0.0238. The zero-order valence-electron chi connectivity index (χ0n) is 16.7. The molecule has 0 unspecified atom stereocenters. The predicted octanol–water partition coefficient (Wildman–Crippen LogP) is 4.61. The molecule has 1 aromatic heterocycles. The van der Waals surface area contributed by atoms with E-state index in [1.54, 1.807) is 18.2 Å². The van der Waals surface area contributed by atoms with Crippen LogP contribution < -0.4 is 5.73 Å². The van der Waals surface area contributed by atoms with Gasteiger partial charge in [-0.3, -0.25) is 9.59 Å². The first kappa shape index (κ1) is 21.1. The summed E-state index contributed by atoms with van der Waals surface area (Å²) in [6.45, 7) is 4.92. The lowest BCUT2D eigenvalue weighted by Crippen LogP contribution is -2.13. The van der Waals surface area contributed by atoms with Gasteiger partial charge < -0.3 is 15.0 Å². The van der Waals surface area contributed by atoms with Crippen LogP contribution in [-0.2, 0) is 17.7 Å². The summed E-state index contributed by atoms with van der Waals surface area (Å²) in [5.74, 6) is -0.568. The normalized spacial score (nSPS) is 11.1. The van der Waals surface area contributed by atoms with Gasteiger partial charge in [-0.15, -0.1) is 0 Å². The second-order valence-corrected chi connectivity index (χ2v) is 7.31. The van der Waals surface area contributed by atoms with Crippen LogP contribution in [0.3, 0.4) is 0 Å². The van der Waals surface area contributed by atoms with E-state index in [0.717, 1.165) is 35.0 Å². The van der Waals surface area contributed by atoms with Gasteiger partial charge in [0.1, 0.15) is 6.61 Å². The summed E-state index contributed by atoms with van der Waals surface area (Å²) >= 11 is 6.40. The van der Waals surface area contributed by atoms with Gasteiger partial charge in [0.05, 0.1) is 5.52 Å². The fraction of sp³-hybridized carbons (Fsp3) is 0.304. The van der Waals surface area contributed by atoms with Crippen LogP contribution in [-0.4, -0.2) is 29.5 Å². The summed E-state index contributed by atoms with van der Waals surface area (Å²) in [4.78, 5) is 24.8. The number of carbonyl (C=O) groups is 2. The lowest BCUT2D eigenvalue weighted by molar-refractivity contribution is 0.0783. The third-order valence-electron chi connectivity index (χ3n) is 4.95. The lowest BCUT2D eigenvalue weighted by Gasteiger charge is -2.13. The molecule has 0 bridgehead atoms. The second kappa shape index (κ2) is 9.25. The monoisotopic (exact) mass is 412 g/mol. The Kier molecular flexibility index (Phi) is 6.72. The first-order chi connectivity index (χ1) is 14.0. The summed E-state index contributed by atoms with van der Waals surface area (Å²) in [7, 11) is 0. The Morgan fingerprint density at radius 1 is 1.14 bits per heavy atom. The molecule has 1 heterocycles. The number of nitrogens with two attached hydrogens (primary N) is 1. The molecule has 0 atom stereocenters. The number of carbonyl (C=O) groups excluding carboxylic acids is 2. The predicted molar refractivity (Wildman–Crippen MR) is 116 cm³/mol. The molecule has 2 aromatic carbocycles. The van der Waals surface area contributed by atoms with Crippen molar-refractivity contribution in [3.05, 3.63) is 69.9 Å². The van der Waals surface area contributed by atoms with E-state index in [9.17, 15) is 9.59 Å². The molecule has 6 heteroatoms. The maximum atomic E-state index is 13.0. The van der Waals surface area contributed by atoms with Gasteiger partial charge in [-0.2, -0.15) is 0 Å². The molecule has 3 aromatic rings. The summed E-state index contributed by atoms with van der Waals surface area (Å²) in [6, 6.07) is 12.8. The Bertz CT molecular complexity index is 1060. The van der Waals surface area contributed by atoms with Crippen molar-refractivity contribution < 1.29 is 14.3 Å². The SMILES string of the molecule is CCCc1c(C(=O)COCC)c2ccc(C(N)=O)cc2n1Cc1ccccc1Cl. The molecule has 29 heavy (non-hydrogen) atoms. The van der Waals surface area contributed by atoms with Gasteiger partial charge in [0.2, 0.25) is 5.91 Å². The van der Waals surface area contributed by atoms with Gasteiger partial charge >= 0.3 is 0 Å². The summed E-state index contributed by atoms with van der Waals surface area (Å²) in [6.07, 6.45) is 1.59. The molecule has 0 spiro atoms. The number of benzene rings is 2. The number of rotatable bonds is 9. The highest BCUT2D eigenvalue weighted by Gasteiger charge is 2.23. The Labute approximate surface area is 175 Å². The molecule has 0 radical (unpaired) electrons. The van der Waals surface area contributed by atoms with Gasteiger partial charge in [0.25, 0.3) is 0 Å². The fourth-order valence-electron chi connectivity index (χ4n) is 3.61. The van der Waals surface area contributed by atoms with Crippen molar-refractivity contribution >= 4 is 34.2 Å². The molecule has 0 saturated carbocycles. The van der Waals surface area contributed by atoms with Gasteiger partial charge in [0, 0.05) is 40.4 Å². The third-order valence-corrected chi connectivity index (χ3v) is 5.31. The van der Waals surface area contributed by atoms with E-state index in [4.69, 9.17) is 22.1 Å². The van der Waals surface area contributed by atoms with Crippen molar-refractivity contribution in [3.63, 3.8) is 0 Å². The number of fused-ring (bicyclic) bond motifs is 1. The standard InChI is InChI=1S/C23H25ClN2O3/c1-3-7-19-22(21(27)14-29-4-2)17-11-10-15(23(25)28)12-20(17)26(19)13-16-8-5-6-9-18(16)24/h5-6,8-12H,3-4,7,13-14H2,1-2H3,(H2,25,28). The fourth-order valence-corrected chi connectivity index (χ4v) is 3.80. The van der Waals surface area contributed by atoms with E-state index in [1.807, 2.05) is 31.2 Å². The van der Waals surface area contributed by atoms with Crippen LogP contribution in [0.4, 0.5) is 0 Å². The molecular weight excluding hydrogens is 388 g/mol. The minimum Gasteiger partial charge on any atom is -0.374 e. The maximum Gasteiger partial charge on any atom is 0.248 e.